The van der Waals surface area contributed by atoms with Crippen molar-refractivity contribution >= 4 is 22.7 Å². The Morgan fingerprint density at radius 1 is 1.32 bits per heavy atom. The number of carbonyl (C=O) groups is 1. The van der Waals surface area contributed by atoms with E-state index >= 15 is 0 Å². The van der Waals surface area contributed by atoms with Crippen molar-refractivity contribution in [2.75, 3.05) is 7.11 Å². The van der Waals surface area contributed by atoms with Crippen LogP contribution < -0.4 is 4.74 Å². The van der Waals surface area contributed by atoms with E-state index in [1.54, 1.807) is 0 Å². The Bertz CT molecular complexity index is 575. The fraction of sp³-hybridized carbons (Fsp3) is 0.385. The summed E-state index contributed by atoms with van der Waals surface area (Å²) in [5.74, 6) is -0.312. The average Bonchev–Trinajstić information content (AvgIpc) is 2.46. The van der Waals surface area contributed by atoms with Crippen LogP contribution in [-0.2, 0) is 4.84 Å². The van der Waals surface area contributed by atoms with Gasteiger partial charge in [-0.05, 0) is 36.2 Å². The van der Waals surface area contributed by atoms with Crippen molar-refractivity contribution in [1.29, 1.82) is 0 Å². The van der Waals surface area contributed by atoms with E-state index < -0.39 is 6.36 Å². The van der Waals surface area contributed by atoms with Gasteiger partial charge in [-0.1, -0.05) is 23.9 Å². The first-order valence-corrected chi connectivity index (χ1v) is 7.21. The molecule has 1 aliphatic heterocycles. The lowest BCUT2D eigenvalue weighted by Gasteiger charge is -2.26. The van der Waals surface area contributed by atoms with Crippen LogP contribution in [0.15, 0.2) is 29.4 Å². The smallest absolute Gasteiger partial charge is 0.406 e. The normalized spacial score (nSPS) is 19.1. The summed E-state index contributed by atoms with van der Waals surface area (Å²) in [7, 11) is 1.31. The van der Waals surface area contributed by atoms with Crippen LogP contribution in [0.25, 0.3) is 0 Å². The number of amides is 1. The molecular formula is C13H13F3N2O3S. The van der Waals surface area contributed by atoms with Crippen molar-refractivity contribution in [3.8, 4) is 5.75 Å². The lowest BCUT2D eigenvalue weighted by molar-refractivity contribution is -0.274. The van der Waals surface area contributed by atoms with Gasteiger partial charge in [-0.2, -0.15) is 0 Å². The van der Waals surface area contributed by atoms with E-state index in [2.05, 4.69) is 9.84 Å². The predicted molar refractivity (Wildman–Crippen MR) is 75.6 cm³/mol. The quantitative estimate of drug-likeness (QED) is 0.840. The number of halogens is 3. The second kappa shape index (κ2) is 6.57. The molecule has 9 heteroatoms. The lowest BCUT2D eigenvalue weighted by atomic mass is 10.1. The number of hydroxylamine groups is 1. The summed E-state index contributed by atoms with van der Waals surface area (Å²) in [5, 5.41) is 4.43. The Morgan fingerprint density at radius 2 is 1.95 bits per heavy atom. The Kier molecular flexibility index (Phi) is 4.97. The molecule has 0 spiro atoms. The van der Waals surface area contributed by atoms with Crippen LogP contribution in [0, 0.1) is 0 Å². The van der Waals surface area contributed by atoms with Gasteiger partial charge in [-0.3, -0.25) is 9.63 Å². The van der Waals surface area contributed by atoms with Crippen LogP contribution in [0.2, 0.25) is 0 Å². The van der Waals surface area contributed by atoms with Gasteiger partial charge in [0, 0.05) is 0 Å². The van der Waals surface area contributed by atoms with Gasteiger partial charge in [0.1, 0.15) is 5.75 Å². The van der Waals surface area contributed by atoms with E-state index in [4.69, 9.17) is 4.84 Å². The summed E-state index contributed by atoms with van der Waals surface area (Å²) in [6.45, 7) is 1.89. The molecule has 22 heavy (non-hydrogen) atoms. The summed E-state index contributed by atoms with van der Waals surface area (Å²) in [6, 6.07) is 5.34. The molecule has 1 atom stereocenters. The molecule has 2 rings (SSSR count). The minimum atomic E-state index is -4.73. The van der Waals surface area contributed by atoms with E-state index in [0.29, 0.717) is 17.7 Å². The zero-order chi connectivity index (χ0) is 16.3. The number of hydrazone groups is 1. The maximum absolute atomic E-state index is 12.1. The standard InChI is InChI=1S/C13H13F3N2O3S/c1-3-10-11(17-18(20-2)12(19)22-10)8-4-6-9(7-5-8)21-13(14,15)16/h4-7,10H,3H2,1-2H3. The first-order chi connectivity index (χ1) is 10.3. The lowest BCUT2D eigenvalue weighted by Crippen LogP contribution is -2.34. The molecule has 0 radical (unpaired) electrons. The Hall–Kier alpha value is -1.74. The van der Waals surface area contributed by atoms with E-state index in [1.165, 1.54) is 31.4 Å². The number of hydrogen-bond donors (Lipinski definition) is 0. The fourth-order valence-corrected chi connectivity index (χ4v) is 2.80. The number of thioether (sulfide) groups is 1. The zero-order valence-corrected chi connectivity index (χ0v) is 12.6. The molecule has 5 nitrogen and oxygen atoms in total. The first-order valence-electron chi connectivity index (χ1n) is 6.33. The minimum Gasteiger partial charge on any atom is -0.406 e. The van der Waals surface area contributed by atoms with Crippen molar-refractivity contribution in [2.45, 2.75) is 25.0 Å². The molecule has 120 valence electrons. The van der Waals surface area contributed by atoms with E-state index in [1.807, 2.05) is 6.92 Å². The first kappa shape index (κ1) is 16.6. The van der Waals surface area contributed by atoms with Crippen molar-refractivity contribution in [2.24, 2.45) is 5.10 Å². The number of alkyl halides is 3. The van der Waals surface area contributed by atoms with Crippen molar-refractivity contribution in [1.82, 2.24) is 5.17 Å². The summed E-state index contributed by atoms with van der Waals surface area (Å²) >= 11 is 1.06. The fourth-order valence-electron chi connectivity index (χ4n) is 1.89. The van der Waals surface area contributed by atoms with Gasteiger partial charge in [-0.25, -0.2) is 0 Å². The molecule has 0 fully saturated rings. The van der Waals surface area contributed by atoms with E-state index in [9.17, 15) is 18.0 Å². The van der Waals surface area contributed by atoms with Gasteiger partial charge in [0.05, 0.1) is 18.1 Å². The molecule has 1 aliphatic rings. The van der Waals surface area contributed by atoms with Crippen molar-refractivity contribution in [3.05, 3.63) is 29.8 Å². The van der Waals surface area contributed by atoms with Crippen molar-refractivity contribution in [3.63, 3.8) is 0 Å². The maximum Gasteiger partial charge on any atom is 0.573 e. The molecule has 1 heterocycles. The van der Waals surface area contributed by atoms with Crippen LogP contribution in [0.1, 0.15) is 18.9 Å². The molecule has 0 saturated heterocycles. The molecule has 0 N–H and O–H groups in total. The second-order valence-electron chi connectivity index (χ2n) is 4.29. The number of carbonyl (C=O) groups excluding carboxylic acids is 1. The average molecular weight is 334 g/mol. The second-order valence-corrected chi connectivity index (χ2v) is 5.45. The molecule has 0 saturated carbocycles. The van der Waals surface area contributed by atoms with Crippen LogP contribution in [0.3, 0.4) is 0 Å². The molecular weight excluding hydrogens is 321 g/mol. The van der Waals surface area contributed by atoms with Gasteiger partial charge < -0.3 is 4.74 Å². The summed E-state index contributed by atoms with van der Waals surface area (Å²) in [5.41, 5.74) is 1.16. The molecule has 0 bridgehead atoms. The van der Waals surface area contributed by atoms with Crippen LogP contribution >= 0.6 is 11.8 Å². The number of hydrogen-bond acceptors (Lipinski definition) is 5. The molecule has 1 aromatic carbocycles. The maximum atomic E-state index is 12.1. The van der Waals surface area contributed by atoms with Crippen molar-refractivity contribution < 1.29 is 27.5 Å². The Balaban J connectivity index is 2.27. The molecule has 1 aromatic rings. The van der Waals surface area contributed by atoms with Crippen LogP contribution in [0.5, 0.6) is 5.75 Å². The topological polar surface area (TPSA) is 51.1 Å². The molecule has 0 aliphatic carbocycles. The highest BCUT2D eigenvalue weighted by Gasteiger charge is 2.32. The van der Waals surface area contributed by atoms with Gasteiger partial charge in [0.15, 0.2) is 0 Å². The largest absolute Gasteiger partial charge is 0.573 e. The molecule has 0 aromatic heterocycles. The van der Waals surface area contributed by atoms with Crippen LogP contribution in [-0.4, -0.2) is 34.8 Å². The molecule has 1 amide bonds. The third-order valence-corrected chi connectivity index (χ3v) is 4.03. The SMILES string of the molecule is CCC1SC(=O)N(OC)N=C1c1ccc(OC(F)(F)F)cc1. The third kappa shape index (κ3) is 3.92. The number of ether oxygens (including phenoxy) is 1. The van der Waals surface area contributed by atoms with Gasteiger partial charge in [-0.15, -0.1) is 18.3 Å². The summed E-state index contributed by atoms with van der Waals surface area (Å²) in [4.78, 5) is 16.5. The highest BCUT2D eigenvalue weighted by Crippen LogP contribution is 2.30. The van der Waals surface area contributed by atoms with Gasteiger partial charge in [0.2, 0.25) is 0 Å². The summed E-state index contributed by atoms with van der Waals surface area (Å²) in [6.07, 6.45) is -4.08. The van der Waals surface area contributed by atoms with Gasteiger partial charge >= 0.3 is 11.6 Å². The zero-order valence-electron chi connectivity index (χ0n) is 11.8. The Labute approximate surface area is 129 Å². The highest BCUT2D eigenvalue weighted by atomic mass is 32.2. The van der Waals surface area contributed by atoms with Crippen LogP contribution in [0.4, 0.5) is 18.0 Å². The highest BCUT2D eigenvalue weighted by molar-refractivity contribution is 8.14. The van der Waals surface area contributed by atoms with E-state index in [0.717, 1.165) is 16.9 Å². The minimum absolute atomic E-state index is 0.187. The monoisotopic (exact) mass is 334 g/mol. The number of benzene rings is 1. The van der Waals surface area contributed by atoms with Gasteiger partial charge in [0.25, 0.3) is 0 Å². The number of rotatable bonds is 4. The predicted octanol–water partition coefficient (Wildman–Crippen LogP) is 3.80. The number of nitrogens with zero attached hydrogens (tertiary/aromatic N) is 2. The molecule has 1 unspecified atom stereocenters. The third-order valence-electron chi connectivity index (χ3n) is 2.83. The summed E-state index contributed by atoms with van der Waals surface area (Å²) < 4.78 is 40.3. The Morgan fingerprint density at radius 3 is 2.45 bits per heavy atom. The van der Waals surface area contributed by atoms with E-state index in [-0.39, 0.29) is 16.2 Å².